The fourth-order valence-corrected chi connectivity index (χ4v) is 5.88. The predicted molar refractivity (Wildman–Crippen MR) is 86.5 cm³/mol. The number of thiophene rings is 1. The van der Waals surface area contributed by atoms with Gasteiger partial charge < -0.3 is 4.74 Å². The van der Waals surface area contributed by atoms with Crippen molar-refractivity contribution < 1.29 is 13.2 Å². The van der Waals surface area contributed by atoms with Crippen molar-refractivity contribution in [1.29, 1.82) is 0 Å². The number of piperidine rings is 1. The molecule has 2 aromatic rings. The van der Waals surface area contributed by atoms with Crippen molar-refractivity contribution in [3.05, 3.63) is 34.4 Å². The molecule has 3 heterocycles. The summed E-state index contributed by atoms with van der Waals surface area (Å²) in [6.45, 7) is 0.880. The Morgan fingerprint density at radius 1 is 1.23 bits per heavy atom. The molecule has 3 rings (SSSR count). The van der Waals surface area contributed by atoms with Gasteiger partial charge in [-0.05, 0) is 47.0 Å². The molecule has 0 aromatic carbocycles. The molecule has 0 amide bonds. The number of halogens is 1. The molecule has 118 valence electrons. The summed E-state index contributed by atoms with van der Waals surface area (Å²) in [6.07, 6.45) is 4.45. The molecule has 0 N–H and O–H groups in total. The molecule has 22 heavy (non-hydrogen) atoms. The van der Waals surface area contributed by atoms with E-state index in [0.717, 1.165) is 3.79 Å². The van der Waals surface area contributed by atoms with Crippen molar-refractivity contribution in [2.24, 2.45) is 0 Å². The van der Waals surface area contributed by atoms with E-state index in [1.807, 2.05) is 0 Å². The summed E-state index contributed by atoms with van der Waals surface area (Å²) in [5.41, 5.74) is 0. The van der Waals surface area contributed by atoms with Gasteiger partial charge in [0.05, 0.1) is 3.79 Å². The lowest BCUT2D eigenvalue weighted by atomic mass is 10.1. The van der Waals surface area contributed by atoms with Gasteiger partial charge >= 0.3 is 6.01 Å². The lowest BCUT2D eigenvalue weighted by Crippen LogP contribution is -2.41. The van der Waals surface area contributed by atoms with Crippen LogP contribution in [-0.4, -0.2) is 41.9 Å². The zero-order valence-electron chi connectivity index (χ0n) is 11.6. The molecule has 1 fully saturated rings. The number of nitrogens with zero attached hydrogens (tertiary/aromatic N) is 3. The molecule has 0 unspecified atom stereocenters. The fourth-order valence-electron chi connectivity index (χ4n) is 2.25. The van der Waals surface area contributed by atoms with E-state index in [-0.39, 0.29) is 6.10 Å². The second kappa shape index (κ2) is 6.61. The highest BCUT2D eigenvalue weighted by molar-refractivity contribution is 9.11. The SMILES string of the molecule is O=S(=O)(c1ccc(Br)s1)N1CCC(Oc2ncccn2)CC1. The Bertz CT molecular complexity index is 728. The Kier molecular flexibility index (Phi) is 4.76. The minimum atomic E-state index is -3.40. The molecule has 0 spiro atoms. The maximum atomic E-state index is 12.5. The van der Waals surface area contributed by atoms with Gasteiger partial charge in [-0.25, -0.2) is 18.4 Å². The molecule has 2 aromatic heterocycles. The van der Waals surface area contributed by atoms with Crippen LogP contribution in [0, 0.1) is 0 Å². The van der Waals surface area contributed by atoms with E-state index in [4.69, 9.17) is 4.74 Å². The molecular formula is C13H14BrN3O3S2. The first kappa shape index (κ1) is 15.9. The normalized spacial score (nSPS) is 17.5. The number of sulfonamides is 1. The number of hydrogen-bond donors (Lipinski definition) is 0. The van der Waals surface area contributed by atoms with E-state index in [2.05, 4.69) is 25.9 Å². The average molecular weight is 404 g/mol. The number of aromatic nitrogens is 2. The lowest BCUT2D eigenvalue weighted by Gasteiger charge is -2.30. The molecule has 1 aliphatic rings. The highest BCUT2D eigenvalue weighted by atomic mass is 79.9. The molecule has 6 nitrogen and oxygen atoms in total. The standard InChI is InChI=1S/C13H14BrN3O3S2/c14-11-2-3-12(21-11)22(18,19)17-8-4-10(5-9-17)20-13-15-6-1-7-16-13/h1-3,6-7,10H,4-5,8-9H2. The summed E-state index contributed by atoms with van der Waals surface area (Å²) in [5.74, 6) is 0. The van der Waals surface area contributed by atoms with Crippen LogP contribution in [0.4, 0.5) is 0 Å². The van der Waals surface area contributed by atoms with Crippen LogP contribution in [0.3, 0.4) is 0 Å². The molecule has 1 aliphatic heterocycles. The Morgan fingerprint density at radius 3 is 2.50 bits per heavy atom. The van der Waals surface area contributed by atoms with E-state index in [9.17, 15) is 8.42 Å². The molecule has 0 bridgehead atoms. The van der Waals surface area contributed by atoms with Crippen molar-refractivity contribution >= 4 is 37.3 Å². The topological polar surface area (TPSA) is 72.4 Å². The summed E-state index contributed by atoms with van der Waals surface area (Å²) in [5, 5.41) is 0. The van der Waals surface area contributed by atoms with Crippen LogP contribution in [-0.2, 0) is 10.0 Å². The average Bonchev–Trinajstić information content (AvgIpc) is 2.96. The highest BCUT2D eigenvalue weighted by Crippen LogP contribution is 2.30. The zero-order chi connectivity index (χ0) is 15.6. The molecule has 9 heteroatoms. The minimum Gasteiger partial charge on any atom is -0.460 e. The molecule has 0 radical (unpaired) electrons. The van der Waals surface area contributed by atoms with Gasteiger partial charge in [-0.1, -0.05) is 0 Å². The van der Waals surface area contributed by atoms with Gasteiger partial charge in [0, 0.05) is 25.5 Å². The van der Waals surface area contributed by atoms with Crippen molar-refractivity contribution in [1.82, 2.24) is 14.3 Å². The van der Waals surface area contributed by atoms with Crippen molar-refractivity contribution in [2.45, 2.75) is 23.2 Å². The van der Waals surface area contributed by atoms with E-state index in [1.54, 1.807) is 30.6 Å². The molecular weight excluding hydrogens is 390 g/mol. The van der Waals surface area contributed by atoms with Crippen molar-refractivity contribution in [2.75, 3.05) is 13.1 Å². The highest BCUT2D eigenvalue weighted by Gasteiger charge is 2.31. The van der Waals surface area contributed by atoms with Crippen LogP contribution in [0.1, 0.15) is 12.8 Å². The van der Waals surface area contributed by atoms with E-state index >= 15 is 0 Å². The maximum Gasteiger partial charge on any atom is 0.316 e. The van der Waals surface area contributed by atoms with Gasteiger partial charge in [-0.3, -0.25) is 0 Å². The Morgan fingerprint density at radius 2 is 1.91 bits per heavy atom. The third-order valence-corrected chi connectivity index (χ3v) is 7.35. The predicted octanol–water partition coefficient (Wildman–Crippen LogP) is 2.53. The first-order valence-electron chi connectivity index (χ1n) is 6.75. The third-order valence-electron chi connectivity index (χ3n) is 3.36. The van der Waals surface area contributed by atoms with Gasteiger partial charge in [0.25, 0.3) is 10.0 Å². The maximum absolute atomic E-state index is 12.5. The van der Waals surface area contributed by atoms with Crippen LogP contribution in [0.15, 0.2) is 38.6 Å². The van der Waals surface area contributed by atoms with Gasteiger partial charge in [0.2, 0.25) is 0 Å². The van der Waals surface area contributed by atoms with Crippen LogP contribution in [0.5, 0.6) is 6.01 Å². The summed E-state index contributed by atoms with van der Waals surface area (Å²) < 4.78 is 33.4. The zero-order valence-corrected chi connectivity index (χ0v) is 14.8. The van der Waals surface area contributed by atoms with Crippen LogP contribution in [0.25, 0.3) is 0 Å². The van der Waals surface area contributed by atoms with Crippen molar-refractivity contribution in [3.8, 4) is 6.01 Å². The fraction of sp³-hybridized carbons (Fsp3) is 0.385. The first-order chi connectivity index (χ1) is 10.6. The van der Waals surface area contributed by atoms with Gasteiger partial charge in [-0.2, -0.15) is 4.31 Å². The second-order valence-corrected chi connectivity index (χ2v) is 9.44. The molecule has 0 atom stereocenters. The van der Waals surface area contributed by atoms with E-state index in [1.165, 1.54) is 15.6 Å². The largest absolute Gasteiger partial charge is 0.460 e. The molecule has 1 saturated heterocycles. The van der Waals surface area contributed by atoms with Crippen molar-refractivity contribution in [3.63, 3.8) is 0 Å². The van der Waals surface area contributed by atoms with Crippen LogP contribution < -0.4 is 4.74 Å². The molecule has 0 saturated carbocycles. The monoisotopic (exact) mass is 403 g/mol. The number of rotatable bonds is 4. The van der Waals surface area contributed by atoms with E-state index in [0.29, 0.717) is 36.2 Å². The summed E-state index contributed by atoms with van der Waals surface area (Å²) in [6, 6.07) is 5.44. The van der Waals surface area contributed by atoms with Crippen LogP contribution in [0.2, 0.25) is 0 Å². The lowest BCUT2D eigenvalue weighted by molar-refractivity contribution is 0.124. The first-order valence-corrected chi connectivity index (χ1v) is 9.80. The second-order valence-electron chi connectivity index (χ2n) is 4.81. The Labute approximate surface area is 141 Å². The number of ether oxygens (including phenoxy) is 1. The summed E-state index contributed by atoms with van der Waals surface area (Å²) >= 11 is 4.52. The Balaban J connectivity index is 1.62. The van der Waals surface area contributed by atoms with Gasteiger partial charge in [-0.15, -0.1) is 11.3 Å². The third kappa shape index (κ3) is 3.48. The smallest absolute Gasteiger partial charge is 0.316 e. The molecule has 0 aliphatic carbocycles. The Hall–Kier alpha value is -1.03. The minimum absolute atomic E-state index is 0.0519. The van der Waals surface area contributed by atoms with Crippen LogP contribution >= 0.6 is 27.3 Å². The summed E-state index contributed by atoms with van der Waals surface area (Å²) in [7, 11) is -3.40. The quantitative estimate of drug-likeness (QED) is 0.783. The van der Waals surface area contributed by atoms with Gasteiger partial charge in [0.15, 0.2) is 0 Å². The van der Waals surface area contributed by atoms with E-state index < -0.39 is 10.0 Å². The summed E-state index contributed by atoms with van der Waals surface area (Å²) in [4.78, 5) is 8.04. The van der Waals surface area contributed by atoms with Gasteiger partial charge in [0.1, 0.15) is 10.3 Å². The number of hydrogen-bond acceptors (Lipinski definition) is 6.